The Morgan fingerprint density at radius 3 is 2.53 bits per heavy atom. The molecule has 30 heavy (non-hydrogen) atoms. The van der Waals surface area contributed by atoms with Gasteiger partial charge in [0, 0.05) is 31.9 Å². The fourth-order valence-electron chi connectivity index (χ4n) is 5.14. The molecule has 4 atom stereocenters. The number of benzene rings is 1. The van der Waals surface area contributed by atoms with E-state index in [9.17, 15) is 14.4 Å². The minimum Gasteiger partial charge on any atom is -0.450 e. The number of carbonyl (C=O) groups excluding carboxylic acids is 3. The zero-order valence-electron chi connectivity index (χ0n) is 16.9. The smallest absolute Gasteiger partial charge is 0.409 e. The first-order chi connectivity index (χ1) is 14.5. The molecular weight excluding hydrogens is 386 g/mol. The summed E-state index contributed by atoms with van der Waals surface area (Å²) in [6, 6.07) is 9.50. The average Bonchev–Trinajstić information content (AvgIpc) is 3.42. The van der Waals surface area contributed by atoms with Crippen molar-refractivity contribution >= 4 is 23.6 Å². The largest absolute Gasteiger partial charge is 0.450 e. The Bertz CT molecular complexity index is 895. The number of fused-ring (bicyclic) bond motifs is 1. The van der Waals surface area contributed by atoms with Crippen molar-refractivity contribution in [3.63, 3.8) is 0 Å². The fourth-order valence-corrected chi connectivity index (χ4v) is 5.14. The monoisotopic (exact) mass is 411 g/mol. The molecule has 8 nitrogen and oxygen atoms in total. The summed E-state index contributed by atoms with van der Waals surface area (Å²) in [5.74, 6) is -1.16. The van der Waals surface area contributed by atoms with Gasteiger partial charge in [-0.1, -0.05) is 30.4 Å². The van der Waals surface area contributed by atoms with Gasteiger partial charge in [-0.3, -0.25) is 9.59 Å². The predicted octanol–water partition coefficient (Wildman–Crippen LogP) is 1.27. The van der Waals surface area contributed by atoms with Gasteiger partial charge < -0.3 is 24.2 Å². The third-order valence-electron chi connectivity index (χ3n) is 6.57. The van der Waals surface area contributed by atoms with Crippen molar-refractivity contribution in [2.45, 2.75) is 18.6 Å². The van der Waals surface area contributed by atoms with Gasteiger partial charge in [0.2, 0.25) is 11.8 Å². The number of rotatable bonds is 3. The molecule has 0 unspecified atom stereocenters. The van der Waals surface area contributed by atoms with E-state index in [0.717, 1.165) is 5.69 Å². The molecule has 0 saturated carbocycles. The highest BCUT2D eigenvalue weighted by Gasteiger charge is 2.67. The first kappa shape index (κ1) is 19.1. The van der Waals surface area contributed by atoms with Crippen molar-refractivity contribution in [2.75, 3.05) is 44.2 Å². The second-order valence-electron chi connectivity index (χ2n) is 8.17. The average molecular weight is 411 g/mol. The van der Waals surface area contributed by atoms with Gasteiger partial charge in [-0.05, 0) is 19.1 Å². The third-order valence-corrected chi connectivity index (χ3v) is 6.57. The van der Waals surface area contributed by atoms with Gasteiger partial charge in [-0.2, -0.15) is 0 Å². The Kier molecular flexibility index (Phi) is 4.54. The summed E-state index contributed by atoms with van der Waals surface area (Å²) in [5, 5.41) is 0. The van der Waals surface area contributed by atoms with Crippen molar-refractivity contribution in [1.29, 1.82) is 0 Å². The van der Waals surface area contributed by atoms with Gasteiger partial charge in [-0.15, -0.1) is 0 Å². The van der Waals surface area contributed by atoms with E-state index in [0.29, 0.717) is 39.3 Å². The van der Waals surface area contributed by atoms with Gasteiger partial charge >= 0.3 is 6.09 Å². The van der Waals surface area contributed by atoms with Gasteiger partial charge in [-0.25, -0.2) is 4.79 Å². The van der Waals surface area contributed by atoms with Crippen LogP contribution in [0.4, 0.5) is 10.5 Å². The zero-order valence-corrected chi connectivity index (χ0v) is 16.9. The minimum atomic E-state index is -0.731. The first-order valence-corrected chi connectivity index (χ1v) is 10.5. The number of hydrogen-bond acceptors (Lipinski definition) is 5. The molecule has 1 aromatic carbocycles. The third kappa shape index (κ3) is 2.81. The SMILES string of the molecule is CCOC(=O)N1CCN(C(=O)[C@H]2[C@H]3C=C[C@@]4(CN(c5ccccc5)C(=O)[C@@H]24)O3)CC1. The number of anilines is 1. The quantitative estimate of drug-likeness (QED) is 0.700. The molecule has 3 fully saturated rings. The number of carbonyl (C=O) groups is 3. The van der Waals surface area contributed by atoms with E-state index in [1.54, 1.807) is 21.6 Å². The summed E-state index contributed by atoms with van der Waals surface area (Å²) in [6.45, 7) is 4.25. The molecule has 0 aromatic heterocycles. The number of piperazine rings is 1. The highest BCUT2D eigenvalue weighted by molar-refractivity contribution is 6.03. The lowest BCUT2D eigenvalue weighted by Crippen LogP contribution is -2.54. The van der Waals surface area contributed by atoms with Crippen LogP contribution >= 0.6 is 0 Å². The van der Waals surface area contributed by atoms with Crippen molar-refractivity contribution in [3.05, 3.63) is 42.5 Å². The highest BCUT2D eigenvalue weighted by atomic mass is 16.6. The van der Waals surface area contributed by atoms with Crippen LogP contribution in [0.3, 0.4) is 0 Å². The Balaban J connectivity index is 1.33. The van der Waals surface area contributed by atoms with Gasteiger partial charge in [0.05, 0.1) is 31.1 Å². The molecule has 5 rings (SSSR count). The van der Waals surface area contributed by atoms with E-state index in [4.69, 9.17) is 9.47 Å². The summed E-state index contributed by atoms with van der Waals surface area (Å²) in [4.78, 5) is 43.8. The summed E-state index contributed by atoms with van der Waals surface area (Å²) in [6.07, 6.45) is 3.17. The summed E-state index contributed by atoms with van der Waals surface area (Å²) in [5.41, 5.74) is 0.0889. The molecular formula is C22H25N3O5. The lowest BCUT2D eigenvalue weighted by atomic mass is 9.76. The van der Waals surface area contributed by atoms with Crippen LogP contribution in [0.25, 0.3) is 0 Å². The van der Waals surface area contributed by atoms with Gasteiger partial charge in [0.1, 0.15) is 5.60 Å². The maximum absolute atomic E-state index is 13.4. The molecule has 1 aromatic rings. The van der Waals surface area contributed by atoms with Crippen molar-refractivity contribution < 1.29 is 23.9 Å². The molecule has 4 heterocycles. The lowest BCUT2D eigenvalue weighted by Gasteiger charge is -2.36. The molecule has 0 radical (unpaired) electrons. The molecule has 3 amide bonds. The van der Waals surface area contributed by atoms with Crippen molar-refractivity contribution in [3.8, 4) is 0 Å². The van der Waals surface area contributed by atoms with Crippen LogP contribution in [0, 0.1) is 11.8 Å². The molecule has 0 N–H and O–H groups in total. The van der Waals surface area contributed by atoms with Crippen LogP contribution in [0.1, 0.15) is 6.92 Å². The lowest BCUT2D eigenvalue weighted by molar-refractivity contribution is -0.141. The molecule has 1 spiro atoms. The van der Waals surface area contributed by atoms with E-state index < -0.39 is 17.4 Å². The van der Waals surface area contributed by atoms with Gasteiger partial charge in [0.15, 0.2) is 0 Å². The standard InChI is InChI=1S/C22H25N3O5/c1-2-29-21(28)24-12-10-23(11-13-24)19(26)17-16-8-9-22(30-16)14-25(20(27)18(17)22)15-6-4-3-5-7-15/h3-9,16-18H,2,10-14H2,1H3/t16-,17+,18-,22+/m1/s1. The summed E-state index contributed by atoms with van der Waals surface area (Å²) < 4.78 is 11.3. The second-order valence-corrected chi connectivity index (χ2v) is 8.17. The Morgan fingerprint density at radius 1 is 1.13 bits per heavy atom. The van der Waals surface area contributed by atoms with Crippen LogP contribution < -0.4 is 4.90 Å². The maximum atomic E-state index is 13.4. The first-order valence-electron chi connectivity index (χ1n) is 10.5. The fraction of sp³-hybridized carbons (Fsp3) is 0.500. The molecule has 2 bridgehead atoms. The Labute approximate surface area is 175 Å². The van der Waals surface area contributed by atoms with Gasteiger partial charge in [0.25, 0.3) is 0 Å². The van der Waals surface area contributed by atoms with Crippen LogP contribution in [-0.4, -0.2) is 78.7 Å². The van der Waals surface area contributed by atoms with E-state index in [1.807, 2.05) is 42.5 Å². The van der Waals surface area contributed by atoms with Crippen molar-refractivity contribution in [2.24, 2.45) is 11.8 Å². The second kappa shape index (κ2) is 7.12. The number of para-hydroxylation sites is 1. The minimum absolute atomic E-state index is 0.0587. The maximum Gasteiger partial charge on any atom is 0.409 e. The van der Waals surface area contributed by atoms with Crippen LogP contribution in [-0.2, 0) is 19.1 Å². The summed E-state index contributed by atoms with van der Waals surface area (Å²) >= 11 is 0. The van der Waals surface area contributed by atoms with Crippen LogP contribution in [0.15, 0.2) is 42.5 Å². The van der Waals surface area contributed by atoms with E-state index >= 15 is 0 Å². The van der Waals surface area contributed by atoms with E-state index in [-0.39, 0.29) is 24.0 Å². The van der Waals surface area contributed by atoms with E-state index in [1.165, 1.54) is 0 Å². The topological polar surface area (TPSA) is 79.4 Å². The molecule has 158 valence electrons. The van der Waals surface area contributed by atoms with E-state index in [2.05, 4.69) is 0 Å². The predicted molar refractivity (Wildman–Crippen MR) is 108 cm³/mol. The van der Waals surface area contributed by atoms with Crippen LogP contribution in [0.2, 0.25) is 0 Å². The van der Waals surface area contributed by atoms with Crippen LogP contribution in [0.5, 0.6) is 0 Å². The number of amides is 3. The molecule has 8 heteroatoms. The van der Waals surface area contributed by atoms with Crippen molar-refractivity contribution in [1.82, 2.24) is 9.80 Å². The molecule has 4 aliphatic heterocycles. The summed E-state index contributed by atoms with van der Waals surface area (Å²) in [7, 11) is 0. The zero-order chi connectivity index (χ0) is 20.9. The number of hydrogen-bond donors (Lipinski definition) is 0. The normalized spacial score (nSPS) is 32.0. The number of nitrogens with zero attached hydrogens (tertiary/aromatic N) is 3. The molecule has 0 aliphatic carbocycles. The highest BCUT2D eigenvalue weighted by Crippen LogP contribution is 2.53. The molecule has 4 aliphatic rings. The Morgan fingerprint density at radius 2 is 1.83 bits per heavy atom. The molecule has 3 saturated heterocycles. The Hall–Kier alpha value is -2.87. The number of ether oxygens (including phenoxy) is 2.